The van der Waals surface area contributed by atoms with Crippen molar-refractivity contribution in [2.45, 2.75) is 36.6 Å². The van der Waals surface area contributed by atoms with Crippen molar-refractivity contribution in [2.24, 2.45) is 0 Å². The van der Waals surface area contributed by atoms with E-state index >= 15 is 0 Å². The molecule has 0 spiro atoms. The Labute approximate surface area is 118 Å². The molecule has 1 N–H and O–H groups in total. The number of rotatable bonds is 4. The van der Waals surface area contributed by atoms with Crippen molar-refractivity contribution < 1.29 is 18.3 Å². The molecule has 7 heteroatoms. The number of pyridine rings is 1. The molecule has 20 heavy (non-hydrogen) atoms. The summed E-state index contributed by atoms with van der Waals surface area (Å²) in [6, 6.07) is 2.90. The van der Waals surface area contributed by atoms with Gasteiger partial charge in [-0.2, -0.15) is 0 Å². The second kappa shape index (κ2) is 5.78. The predicted molar refractivity (Wildman–Crippen MR) is 74.6 cm³/mol. The van der Waals surface area contributed by atoms with Gasteiger partial charge in [-0.25, -0.2) is 13.4 Å². The van der Waals surface area contributed by atoms with Crippen molar-refractivity contribution in [2.75, 3.05) is 17.7 Å². The van der Waals surface area contributed by atoms with Crippen LogP contribution in [0.3, 0.4) is 0 Å². The molecule has 2 heterocycles. The number of carbonyl (C=O) groups is 1. The molecule has 1 saturated heterocycles. The van der Waals surface area contributed by atoms with Crippen molar-refractivity contribution in [1.82, 2.24) is 4.98 Å². The highest BCUT2D eigenvalue weighted by Gasteiger charge is 2.29. The summed E-state index contributed by atoms with van der Waals surface area (Å²) in [5.74, 6) is -0.500. The monoisotopic (exact) mass is 298 g/mol. The van der Waals surface area contributed by atoms with E-state index in [0.29, 0.717) is 12.4 Å². The Morgan fingerprint density at radius 2 is 2.25 bits per heavy atom. The van der Waals surface area contributed by atoms with Crippen LogP contribution < -0.4 is 4.90 Å². The molecule has 0 saturated carbocycles. The molecule has 6 nitrogen and oxygen atoms in total. The molecule has 2 rings (SSSR count). The molecular formula is C13H18N2O4S. The van der Waals surface area contributed by atoms with Crippen molar-refractivity contribution in [1.29, 1.82) is 0 Å². The largest absolute Gasteiger partial charge is 0.481 e. The molecule has 1 aliphatic rings. The summed E-state index contributed by atoms with van der Waals surface area (Å²) in [4.78, 5) is 17.1. The lowest BCUT2D eigenvalue weighted by molar-refractivity contribution is -0.137. The topological polar surface area (TPSA) is 87.6 Å². The first-order chi connectivity index (χ1) is 9.39. The summed E-state index contributed by atoms with van der Waals surface area (Å²) < 4.78 is 23.7. The van der Waals surface area contributed by atoms with Gasteiger partial charge in [-0.1, -0.05) is 0 Å². The molecule has 1 aliphatic heterocycles. The average Bonchev–Trinajstić information content (AvgIpc) is 2.38. The Balaban J connectivity index is 2.40. The maximum atomic E-state index is 11.8. The fourth-order valence-corrected chi connectivity index (χ4v) is 3.41. The number of piperidine rings is 1. The minimum Gasteiger partial charge on any atom is -0.481 e. The number of carboxylic acid groups (broad SMARTS) is 1. The number of hydrogen-bond acceptors (Lipinski definition) is 5. The second-order valence-corrected chi connectivity index (χ2v) is 7.02. The number of sulfone groups is 1. The molecule has 110 valence electrons. The summed E-state index contributed by atoms with van der Waals surface area (Å²) in [6.45, 7) is 0.636. The van der Waals surface area contributed by atoms with E-state index in [2.05, 4.69) is 4.98 Å². The molecule has 1 fully saturated rings. The van der Waals surface area contributed by atoms with Gasteiger partial charge < -0.3 is 10.0 Å². The number of aliphatic carboxylic acids is 1. The lowest BCUT2D eigenvalue weighted by atomic mass is 9.99. The van der Waals surface area contributed by atoms with Crippen LogP contribution in [0.2, 0.25) is 0 Å². The van der Waals surface area contributed by atoms with Crippen LogP contribution in [0.25, 0.3) is 0 Å². The van der Waals surface area contributed by atoms with Crippen molar-refractivity contribution >= 4 is 21.6 Å². The first kappa shape index (κ1) is 14.8. The van der Waals surface area contributed by atoms with Crippen molar-refractivity contribution in [3.63, 3.8) is 0 Å². The minimum atomic E-state index is -3.39. The van der Waals surface area contributed by atoms with Gasteiger partial charge in [-0.15, -0.1) is 0 Å². The lowest BCUT2D eigenvalue weighted by Gasteiger charge is -2.36. The fraction of sp³-hybridized carbons (Fsp3) is 0.538. The zero-order chi connectivity index (χ0) is 14.8. The smallest absolute Gasteiger partial charge is 0.305 e. The Hall–Kier alpha value is -1.63. The van der Waals surface area contributed by atoms with Crippen LogP contribution in [0.1, 0.15) is 25.7 Å². The van der Waals surface area contributed by atoms with E-state index in [1.807, 2.05) is 4.90 Å². The molecule has 0 aliphatic carbocycles. The van der Waals surface area contributed by atoms with Crippen LogP contribution in [0, 0.1) is 0 Å². The third-order valence-electron chi connectivity index (χ3n) is 3.46. The van der Waals surface area contributed by atoms with E-state index in [-0.39, 0.29) is 17.4 Å². The average molecular weight is 298 g/mol. The summed E-state index contributed by atoms with van der Waals surface area (Å²) in [7, 11) is -3.39. The SMILES string of the molecule is CS(=O)(=O)c1cccnc1N1CCCCC1CC(=O)O. The maximum absolute atomic E-state index is 11.8. The van der Waals surface area contributed by atoms with E-state index in [4.69, 9.17) is 5.11 Å². The zero-order valence-electron chi connectivity index (χ0n) is 11.3. The van der Waals surface area contributed by atoms with Gasteiger partial charge in [0, 0.05) is 25.0 Å². The predicted octanol–water partition coefficient (Wildman–Crippen LogP) is 1.32. The summed E-state index contributed by atoms with van der Waals surface area (Å²) in [6.07, 6.45) is 5.29. The third kappa shape index (κ3) is 3.27. The first-order valence-electron chi connectivity index (χ1n) is 6.53. The lowest BCUT2D eigenvalue weighted by Crippen LogP contribution is -2.42. The fourth-order valence-electron chi connectivity index (χ4n) is 2.58. The van der Waals surface area contributed by atoms with Gasteiger partial charge in [-0.05, 0) is 31.4 Å². The van der Waals surface area contributed by atoms with Gasteiger partial charge in [-0.3, -0.25) is 4.79 Å². The molecule has 1 aromatic heterocycles. The molecule has 1 atom stereocenters. The van der Waals surface area contributed by atoms with Gasteiger partial charge >= 0.3 is 5.97 Å². The third-order valence-corrected chi connectivity index (χ3v) is 4.58. The van der Waals surface area contributed by atoms with Crippen LogP contribution in [-0.2, 0) is 14.6 Å². The normalized spacial score (nSPS) is 19.9. The van der Waals surface area contributed by atoms with E-state index in [1.54, 1.807) is 6.07 Å². The van der Waals surface area contributed by atoms with E-state index in [1.165, 1.54) is 12.3 Å². The Kier molecular flexibility index (Phi) is 4.27. The van der Waals surface area contributed by atoms with Crippen molar-refractivity contribution in [3.05, 3.63) is 18.3 Å². The molecule has 0 radical (unpaired) electrons. The van der Waals surface area contributed by atoms with Gasteiger partial charge in [0.05, 0.1) is 6.42 Å². The van der Waals surface area contributed by atoms with E-state index < -0.39 is 15.8 Å². The zero-order valence-corrected chi connectivity index (χ0v) is 12.1. The Morgan fingerprint density at radius 1 is 1.50 bits per heavy atom. The van der Waals surface area contributed by atoms with Crippen LogP contribution in [0.4, 0.5) is 5.82 Å². The summed E-state index contributed by atoms with van der Waals surface area (Å²) >= 11 is 0. The van der Waals surface area contributed by atoms with Gasteiger partial charge in [0.25, 0.3) is 0 Å². The molecule has 1 unspecified atom stereocenters. The quantitative estimate of drug-likeness (QED) is 0.902. The van der Waals surface area contributed by atoms with Crippen LogP contribution >= 0.6 is 0 Å². The highest BCUT2D eigenvalue weighted by molar-refractivity contribution is 7.90. The van der Waals surface area contributed by atoms with Crippen LogP contribution in [0.5, 0.6) is 0 Å². The van der Waals surface area contributed by atoms with Gasteiger partial charge in [0.2, 0.25) is 0 Å². The summed E-state index contributed by atoms with van der Waals surface area (Å²) in [5, 5.41) is 8.99. The molecule has 0 bridgehead atoms. The van der Waals surface area contributed by atoms with Crippen molar-refractivity contribution in [3.8, 4) is 0 Å². The summed E-state index contributed by atoms with van der Waals surface area (Å²) in [5.41, 5.74) is 0. The Morgan fingerprint density at radius 3 is 2.90 bits per heavy atom. The first-order valence-corrected chi connectivity index (χ1v) is 8.42. The number of anilines is 1. The highest BCUT2D eigenvalue weighted by atomic mass is 32.2. The molecule has 0 amide bonds. The second-order valence-electron chi connectivity index (χ2n) is 5.04. The van der Waals surface area contributed by atoms with Gasteiger partial charge in [0.15, 0.2) is 9.84 Å². The molecular weight excluding hydrogens is 280 g/mol. The standard InChI is InChI=1S/C13H18N2O4S/c1-20(18,19)11-6-4-7-14-13(11)15-8-3-2-5-10(15)9-12(16)17/h4,6-7,10H,2-3,5,8-9H2,1H3,(H,16,17). The molecule has 0 aromatic carbocycles. The minimum absolute atomic E-state index is 0.000222. The van der Waals surface area contributed by atoms with E-state index in [9.17, 15) is 13.2 Å². The van der Waals surface area contributed by atoms with Crippen LogP contribution in [-0.4, -0.2) is 43.3 Å². The highest BCUT2D eigenvalue weighted by Crippen LogP contribution is 2.29. The number of hydrogen-bond donors (Lipinski definition) is 1. The van der Waals surface area contributed by atoms with Crippen LogP contribution in [0.15, 0.2) is 23.2 Å². The number of aromatic nitrogens is 1. The van der Waals surface area contributed by atoms with Gasteiger partial charge in [0.1, 0.15) is 10.7 Å². The Bertz CT molecular complexity index is 600. The number of carboxylic acids is 1. The number of nitrogens with zero attached hydrogens (tertiary/aromatic N) is 2. The maximum Gasteiger partial charge on any atom is 0.305 e. The molecule has 1 aromatic rings. The van der Waals surface area contributed by atoms with E-state index in [0.717, 1.165) is 25.5 Å².